The molecule has 1 aliphatic carbocycles. The van der Waals surface area contributed by atoms with Gasteiger partial charge in [0.25, 0.3) is 0 Å². The van der Waals surface area contributed by atoms with Crippen molar-refractivity contribution < 1.29 is 9.26 Å². The maximum absolute atomic E-state index is 5.54. The fourth-order valence-corrected chi connectivity index (χ4v) is 4.38. The first kappa shape index (κ1) is 23.0. The van der Waals surface area contributed by atoms with Crippen molar-refractivity contribution >= 4 is 5.96 Å². The van der Waals surface area contributed by atoms with E-state index < -0.39 is 0 Å². The lowest BCUT2D eigenvalue weighted by atomic mass is 9.73. The van der Waals surface area contributed by atoms with E-state index in [-0.39, 0.29) is 11.3 Å². The minimum atomic E-state index is 0.285. The van der Waals surface area contributed by atoms with Gasteiger partial charge in [-0.1, -0.05) is 38.3 Å². The van der Waals surface area contributed by atoms with Crippen LogP contribution >= 0.6 is 0 Å². The molecule has 1 saturated heterocycles. The van der Waals surface area contributed by atoms with Crippen molar-refractivity contribution in [3.05, 3.63) is 11.7 Å². The molecule has 2 fully saturated rings. The van der Waals surface area contributed by atoms with Crippen molar-refractivity contribution in [3.63, 3.8) is 0 Å². The maximum Gasteiger partial charge on any atom is 0.228 e. The second-order valence-corrected chi connectivity index (χ2v) is 9.02. The summed E-state index contributed by atoms with van der Waals surface area (Å²) in [6.07, 6.45) is 7.23. The third-order valence-electron chi connectivity index (χ3n) is 6.13. The average molecular weight is 421 g/mol. The number of aromatic nitrogens is 2. The Bertz CT molecular complexity index is 648. The molecule has 2 N–H and O–H groups in total. The zero-order chi connectivity index (χ0) is 21.2. The van der Waals surface area contributed by atoms with E-state index >= 15 is 0 Å². The van der Waals surface area contributed by atoms with Gasteiger partial charge >= 0.3 is 0 Å². The van der Waals surface area contributed by atoms with Crippen LogP contribution in [0, 0.1) is 5.41 Å². The Hall–Kier alpha value is -1.67. The molecular weight excluding hydrogens is 380 g/mol. The molecule has 1 aromatic heterocycles. The molecule has 1 saturated carbocycles. The van der Waals surface area contributed by atoms with Gasteiger partial charge in [0, 0.05) is 57.0 Å². The Labute approximate surface area is 181 Å². The van der Waals surface area contributed by atoms with E-state index in [0.29, 0.717) is 12.3 Å². The lowest BCUT2D eigenvalue weighted by molar-refractivity contribution is 0.00937. The van der Waals surface area contributed by atoms with Crippen molar-refractivity contribution in [1.82, 2.24) is 25.7 Å². The van der Waals surface area contributed by atoms with Gasteiger partial charge in [-0.2, -0.15) is 4.98 Å². The van der Waals surface area contributed by atoms with Crippen molar-refractivity contribution in [2.45, 2.75) is 65.2 Å². The first-order valence-corrected chi connectivity index (χ1v) is 11.7. The minimum absolute atomic E-state index is 0.285. The highest BCUT2D eigenvalue weighted by atomic mass is 16.5. The number of hydrogen-bond donors (Lipinski definition) is 2. The highest BCUT2D eigenvalue weighted by Gasteiger charge is 2.34. The van der Waals surface area contributed by atoms with E-state index in [4.69, 9.17) is 14.3 Å². The van der Waals surface area contributed by atoms with Gasteiger partial charge in [0.15, 0.2) is 11.8 Å². The largest absolute Gasteiger partial charge is 0.379 e. The van der Waals surface area contributed by atoms with Crippen molar-refractivity contribution in [2.24, 2.45) is 10.4 Å². The summed E-state index contributed by atoms with van der Waals surface area (Å²) < 4.78 is 10.9. The summed E-state index contributed by atoms with van der Waals surface area (Å²) in [6.45, 7) is 13.6. The molecule has 1 aromatic rings. The number of guanidine groups is 1. The Kier molecular flexibility index (Phi) is 8.93. The number of nitrogens with one attached hydrogen (secondary N) is 2. The molecular formula is C22H40N6O2. The molecule has 2 heterocycles. The third-order valence-corrected chi connectivity index (χ3v) is 6.13. The van der Waals surface area contributed by atoms with Crippen LogP contribution in [0.15, 0.2) is 9.52 Å². The molecule has 170 valence electrons. The van der Waals surface area contributed by atoms with Crippen LogP contribution in [-0.2, 0) is 11.2 Å². The molecule has 2 aliphatic rings. The number of hydrogen-bond acceptors (Lipinski definition) is 6. The number of rotatable bonds is 9. The van der Waals surface area contributed by atoms with Crippen LogP contribution in [0.25, 0.3) is 0 Å². The van der Waals surface area contributed by atoms with Gasteiger partial charge in [-0.25, -0.2) is 0 Å². The van der Waals surface area contributed by atoms with E-state index in [1.54, 1.807) is 0 Å². The van der Waals surface area contributed by atoms with E-state index in [9.17, 15) is 0 Å². The minimum Gasteiger partial charge on any atom is -0.379 e. The Morgan fingerprint density at radius 2 is 1.93 bits per heavy atom. The molecule has 8 nitrogen and oxygen atoms in total. The fraction of sp³-hybridized carbons (Fsp3) is 0.864. The van der Waals surface area contributed by atoms with Gasteiger partial charge in [-0.05, 0) is 19.8 Å². The summed E-state index contributed by atoms with van der Waals surface area (Å²) >= 11 is 0. The number of morpholine rings is 1. The number of ether oxygens (including phenoxy) is 1. The SMILES string of the molecule is CCNC(=NCC1(CN2CCOCC2)CCCCC1)NCCc1nc(C(C)C)no1. The van der Waals surface area contributed by atoms with Crippen LogP contribution in [-0.4, -0.2) is 73.5 Å². The van der Waals surface area contributed by atoms with Gasteiger partial charge < -0.3 is 19.9 Å². The van der Waals surface area contributed by atoms with Crippen LogP contribution in [0.1, 0.15) is 70.5 Å². The normalized spacial score (nSPS) is 20.5. The molecule has 0 amide bonds. The first-order valence-electron chi connectivity index (χ1n) is 11.7. The standard InChI is InChI=1S/C22H40N6O2/c1-4-23-21(24-11-8-19-26-20(18(2)3)27-30-19)25-16-22(9-6-5-7-10-22)17-28-12-14-29-15-13-28/h18H,4-17H2,1-3H3,(H2,23,24,25). The van der Waals surface area contributed by atoms with Gasteiger partial charge in [0.2, 0.25) is 5.89 Å². The highest BCUT2D eigenvalue weighted by molar-refractivity contribution is 5.79. The predicted octanol–water partition coefficient (Wildman–Crippen LogP) is 2.57. The third kappa shape index (κ3) is 6.94. The molecule has 0 radical (unpaired) electrons. The van der Waals surface area contributed by atoms with Gasteiger partial charge in [0.1, 0.15) is 0 Å². The topological polar surface area (TPSA) is 87.8 Å². The molecule has 1 aliphatic heterocycles. The summed E-state index contributed by atoms with van der Waals surface area (Å²) in [5.41, 5.74) is 0.288. The lowest BCUT2D eigenvalue weighted by Gasteiger charge is -2.41. The van der Waals surface area contributed by atoms with Crippen LogP contribution in [0.5, 0.6) is 0 Å². The predicted molar refractivity (Wildman–Crippen MR) is 119 cm³/mol. The molecule has 30 heavy (non-hydrogen) atoms. The van der Waals surface area contributed by atoms with Gasteiger partial charge in [-0.3, -0.25) is 9.89 Å². The van der Waals surface area contributed by atoms with Gasteiger partial charge in [0.05, 0.1) is 13.2 Å². The van der Waals surface area contributed by atoms with Crippen LogP contribution in [0.2, 0.25) is 0 Å². The Morgan fingerprint density at radius 1 is 1.17 bits per heavy atom. The molecule has 0 atom stereocenters. The first-order chi connectivity index (χ1) is 14.6. The maximum atomic E-state index is 5.54. The molecule has 0 aromatic carbocycles. The molecule has 0 unspecified atom stereocenters. The van der Waals surface area contributed by atoms with E-state index in [1.165, 1.54) is 32.1 Å². The van der Waals surface area contributed by atoms with Crippen LogP contribution in [0.4, 0.5) is 0 Å². The van der Waals surface area contributed by atoms with E-state index in [0.717, 1.165) is 64.3 Å². The monoisotopic (exact) mass is 420 g/mol. The fourth-order valence-electron chi connectivity index (χ4n) is 4.38. The summed E-state index contributed by atoms with van der Waals surface area (Å²) in [7, 11) is 0. The van der Waals surface area contributed by atoms with Crippen molar-refractivity contribution in [2.75, 3.05) is 52.5 Å². The second kappa shape index (κ2) is 11.6. The van der Waals surface area contributed by atoms with Crippen molar-refractivity contribution in [3.8, 4) is 0 Å². The van der Waals surface area contributed by atoms with Crippen LogP contribution in [0.3, 0.4) is 0 Å². The lowest BCUT2D eigenvalue weighted by Crippen LogP contribution is -2.46. The molecule has 0 bridgehead atoms. The zero-order valence-electron chi connectivity index (χ0n) is 19.1. The summed E-state index contributed by atoms with van der Waals surface area (Å²) in [5.74, 6) is 2.62. The van der Waals surface area contributed by atoms with Crippen LogP contribution < -0.4 is 10.6 Å². The summed E-state index contributed by atoms with van der Waals surface area (Å²) in [5, 5.41) is 10.9. The zero-order valence-corrected chi connectivity index (χ0v) is 19.1. The quantitative estimate of drug-likeness (QED) is 0.469. The second-order valence-electron chi connectivity index (χ2n) is 9.02. The van der Waals surface area contributed by atoms with Crippen molar-refractivity contribution in [1.29, 1.82) is 0 Å². The molecule has 8 heteroatoms. The highest BCUT2D eigenvalue weighted by Crippen LogP contribution is 2.37. The smallest absolute Gasteiger partial charge is 0.228 e. The molecule has 0 spiro atoms. The van der Waals surface area contributed by atoms with Gasteiger partial charge in [-0.15, -0.1) is 0 Å². The summed E-state index contributed by atoms with van der Waals surface area (Å²) in [6, 6.07) is 0. The van der Waals surface area contributed by atoms with E-state index in [1.807, 2.05) is 0 Å². The van der Waals surface area contributed by atoms with E-state index in [2.05, 4.69) is 46.4 Å². The average Bonchev–Trinajstić information content (AvgIpc) is 3.23. The number of nitrogens with zero attached hydrogens (tertiary/aromatic N) is 4. The molecule has 3 rings (SSSR count). The number of aliphatic imine (C=N–C) groups is 1. The summed E-state index contributed by atoms with van der Waals surface area (Å²) in [4.78, 5) is 12.0. The Balaban J connectivity index is 1.55. The Morgan fingerprint density at radius 3 is 2.60 bits per heavy atom.